The Bertz CT molecular complexity index is 737. The number of carbonyl (C=O) groups is 1. The van der Waals surface area contributed by atoms with Crippen molar-refractivity contribution in [2.24, 2.45) is 0 Å². The molecule has 0 radical (unpaired) electrons. The fourth-order valence-corrected chi connectivity index (χ4v) is 2.76. The van der Waals surface area contributed by atoms with Gasteiger partial charge in [0.05, 0.1) is 18.8 Å². The van der Waals surface area contributed by atoms with Gasteiger partial charge < -0.3 is 14.8 Å². The number of hydrogen-bond donors (Lipinski definition) is 1. The van der Waals surface area contributed by atoms with E-state index in [0.717, 1.165) is 5.56 Å². The number of ether oxygens (including phenoxy) is 2. The monoisotopic (exact) mass is 409 g/mol. The Hall–Kier alpha value is -2.08. The van der Waals surface area contributed by atoms with Gasteiger partial charge in [0.2, 0.25) is 0 Å². The van der Waals surface area contributed by atoms with Crippen LogP contribution in [0.3, 0.4) is 0 Å². The molecule has 2 aromatic rings. The molecule has 0 heterocycles. The third-order valence-corrected chi connectivity index (χ3v) is 4.17. The summed E-state index contributed by atoms with van der Waals surface area (Å²) in [6.07, 6.45) is 0.630. The molecule has 1 N–H and O–H groups in total. The minimum Gasteiger partial charge on any atom is -0.490 e. The Morgan fingerprint density at radius 1 is 1.08 bits per heavy atom. The van der Waals surface area contributed by atoms with Gasteiger partial charge in [-0.1, -0.05) is 6.07 Å². The van der Waals surface area contributed by atoms with Crippen molar-refractivity contribution in [2.75, 3.05) is 19.8 Å². The smallest absolute Gasteiger partial charge is 0.252 e. The van der Waals surface area contributed by atoms with Crippen molar-refractivity contribution in [1.29, 1.82) is 0 Å². The van der Waals surface area contributed by atoms with E-state index in [2.05, 4.69) is 21.2 Å². The summed E-state index contributed by atoms with van der Waals surface area (Å²) in [5.41, 5.74) is 1.30. The van der Waals surface area contributed by atoms with Gasteiger partial charge in [-0.25, -0.2) is 4.39 Å². The summed E-state index contributed by atoms with van der Waals surface area (Å²) in [5, 5.41) is 2.80. The Labute approximate surface area is 155 Å². The van der Waals surface area contributed by atoms with Gasteiger partial charge in [0, 0.05) is 11.0 Å². The molecule has 0 aliphatic rings. The molecule has 0 aliphatic carbocycles. The Morgan fingerprint density at radius 3 is 2.52 bits per heavy atom. The van der Waals surface area contributed by atoms with Gasteiger partial charge in [0.15, 0.2) is 11.5 Å². The van der Waals surface area contributed by atoms with Crippen LogP contribution in [0, 0.1) is 5.82 Å². The van der Waals surface area contributed by atoms with Gasteiger partial charge in [0.1, 0.15) is 5.82 Å². The zero-order valence-electron chi connectivity index (χ0n) is 14.3. The standard InChI is InChI=1S/C19H21BrFNO3/c1-3-24-17-8-5-13(11-18(17)25-4-2)9-10-22-19(23)15-12-14(21)6-7-16(15)20/h5-8,11-12H,3-4,9-10H2,1-2H3,(H,22,23). The Morgan fingerprint density at radius 2 is 1.80 bits per heavy atom. The maximum atomic E-state index is 13.3. The SMILES string of the molecule is CCOc1ccc(CCNC(=O)c2cc(F)ccc2Br)cc1OCC. The second-order valence-corrected chi connectivity index (χ2v) is 6.13. The predicted octanol–water partition coefficient (Wildman–Crippen LogP) is 4.36. The molecule has 134 valence electrons. The second-order valence-electron chi connectivity index (χ2n) is 5.28. The van der Waals surface area contributed by atoms with E-state index >= 15 is 0 Å². The van der Waals surface area contributed by atoms with Gasteiger partial charge in [-0.2, -0.15) is 0 Å². The van der Waals surface area contributed by atoms with Crippen LogP contribution in [-0.2, 0) is 6.42 Å². The van der Waals surface area contributed by atoms with Gasteiger partial charge in [-0.3, -0.25) is 4.79 Å². The summed E-state index contributed by atoms with van der Waals surface area (Å²) < 4.78 is 25.0. The summed E-state index contributed by atoms with van der Waals surface area (Å²) >= 11 is 3.26. The molecule has 2 rings (SSSR count). The van der Waals surface area contributed by atoms with E-state index in [-0.39, 0.29) is 11.5 Å². The zero-order valence-corrected chi connectivity index (χ0v) is 15.9. The van der Waals surface area contributed by atoms with E-state index in [0.29, 0.717) is 42.2 Å². The minimum absolute atomic E-state index is 0.279. The van der Waals surface area contributed by atoms with Crippen LogP contribution >= 0.6 is 15.9 Å². The van der Waals surface area contributed by atoms with Crippen LogP contribution in [0.15, 0.2) is 40.9 Å². The topological polar surface area (TPSA) is 47.6 Å². The quantitative estimate of drug-likeness (QED) is 0.704. The second kappa shape index (κ2) is 9.42. The predicted molar refractivity (Wildman–Crippen MR) is 98.9 cm³/mol. The average Bonchev–Trinajstić information content (AvgIpc) is 2.59. The molecular weight excluding hydrogens is 389 g/mol. The molecule has 0 saturated carbocycles. The van der Waals surface area contributed by atoms with E-state index in [9.17, 15) is 9.18 Å². The van der Waals surface area contributed by atoms with Crippen molar-refractivity contribution in [2.45, 2.75) is 20.3 Å². The van der Waals surface area contributed by atoms with Gasteiger partial charge in [0.25, 0.3) is 5.91 Å². The van der Waals surface area contributed by atoms with Crippen molar-refractivity contribution in [3.63, 3.8) is 0 Å². The number of amides is 1. The number of hydrogen-bond acceptors (Lipinski definition) is 3. The number of carbonyl (C=O) groups excluding carboxylic acids is 1. The lowest BCUT2D eigenvalue weighted by Crippen LogP contribution is -2.26. The highest BCUT2D eigenvalue weighted by Crippen LogP contribution is 2.28. The largest absolute Gasteiger partial charge is 0.490 e. The molecular formula is C19H21BrFNO3. The number of halogens is 2. The number of nitrogens with one attached hydrogen (secondary N) is 1. The van der Waals surface area contributed by atoms with Crippen LogP contribution in [0.25, 0.3) is 0 Å². The summed E-state index contributed by atoms with van der Waals surface area (Å²) in [7, 11) is 0. The highest BCUT2D eigenvalue weighted by molar-refractivity contribution is 9.10. The first kappa shape index (κ1) is 19.2. The lowest BCUT2D eigenvalue weighted by molar-refractivity contribution is 0.0953. The maximum Gasteiger partial charge on any atom is 0.252 e. The Balaban J connectivity index is 1.98. The highest BCUT2D eigenvalue weighted by Gasteiger charge is 2.11. The number of rotatable bonds is 8. The molecule has 0 fully saturated rings. The molecule has 0 atom stereocenters. The highest BCUT2D eigenvalue weighted by atomic mass is 79.9. The molecule has 0 bridgehead atoms. The molecule has 0 saturated heterocycles. The molecule has 0 spiro atoms. The van der Waals surface area contributed by atoms with Crippen LogP contribution in [0.4, 0.5) is 4.39 Å². The molecule has 2 aromatic carbocycles. The summed E-state index contributed by atoms with van der Waals surface area (Å²) in [5.74, 6) is 0.644. The van der Waals surface area contributed by atoms with Gasteiger partial charge >= 0.3 is 0 Å². The van der Waals surface area contributed by atoms with E-state index in [4.69, 9.17) is 9.47 Å². The van der Waals surface area contributed by atoms with Crippen molar-refractivity contribution >= 4 is 21.8 Å². The molecule has 0 aliphatic heterocycles. The lowest BCUT2D eigenvalue weighted by Gasteiger charge is -2.13. The maximum absolute atomic E-state index is 13.3. The molecule has 0 aromatic heterocycles. The van der Waals surface area contributed by atoms with Crippen LogP contribution in [0.2, 0.25) is 0 Å². The van der Waals surface area contributed by atoms with Crippen LogP contribution in [0.1, 0.15) is 29.8 Å². The van der Waals surface area contributed by atoms with Crippen LogP contribution < -0.4 is 14.8 Å². The zero-order chi connectivity index (χ0) is 18.2. The third kappa shape index (κ3) is 5.46. The third-order valence-electron chi connectivity index (χ3n) is 3.48. The number of benzene rings is 2. The first-order valence-corrected chi connectivity index (χ1v) is 8.96. The summed E-state index contributed by atoms with van der Waals surface area (Å²) in [6, 6.07) is 9.76. The molecule has 0 unspecified atom stereocenters. The molecule has 6 heteroatoms. The van der Waals surface area contributed by atoms with Crippen LogP contribution in [0.5, 0.6) is 11.5 Å². The Kier molecular flexibility index (Phi) is 7.25. The van der Waals surface area contributed by atoms with Gasteiger partial charge in [-0.05, 0) is 72.1 Å². The lowest BCUT2D eigenvalue weighted by atomic mass is 10.1. The molecule has 4 nitrogen and oxygen atoms in total. The fourth-order valence-electron chi connectivity index (χ4n) is 2.34. The van der Waals surface area contributed by atoms with E-state index in [1.165, 1.54) is 18.2 Å². The van der Waals surface area contributed by atoms with Crippen molar-refractivity contribution in [1.82, 2.24) is 5.32 Å². The van der Waals surface area contributed by atoms with Crippen molar-refractivity contribution in [3.8, 4) is 11.5 Å². The minimum atomic E-state index is -0.443. The first-order valence-electron chi connectivity index (χ1n) is 8.17. The summed E-state index contributed by atoms with van der Waals surface area (Å²) in [6.45, 7) is 5.39. The van der Waals surface area contributed by atoms with E-state index in [1.54, 1.807) is 0 Å². The molecule has 1 amide bonds. The van der Waals surface area contributed by atoms with Crippen molar-refractivity contribution in [3.05, 3.63) is 57.8 Å². The van der Waals surface area contributed by atoms with Crippen molar-refractivity contribution < 1.29 is 18.7 Å². The van der Waals surface area contributed by atoms with Gasteiger partial charge in [-0.15, -0.1) is 0 Å². The average molecular weight is 410 g/mol. The molecule has 25 heavy (non-hydrogen) atoms. The van der Waals surface area contributed by atoms with E-state index < -0.39 is 5.82 Å². The first-order chi connectivity index (χ1) is 12.0. The van der Waals surface area contributed by atoms with E-state index in [1.807, 2.05) is 32.0 Å². The normalized spacial score (nSPS) is 10.4. The summed E-state index contributed by atoms with van der Waals surface area (Å²) in [4.78, 5) is 12.2. The van der Waals surface area contributed by atoms with Crippen LogP contribution in [-0.4, -0.2) is 25.7 Å². The fraction of sp³-hybridized carbons (Fsp3) is 0.316.